The van der Waals surface area contributed by atoms with Crippen molar-refractivity contribution in [2.75, 3.05) is 13.2 Å². The van der Waals surface area contributed by atoms with Crippen LogP contribution >= 0.6 is 0 Å². The van der Waals surface area contributed by atoms with Crippen molar-refractivity contribution in [2.45, 2.75) is 25.8 Å². The molecule has 0 amide bonds. The molecule has 3 aromatic rings. The van der Waals surface area contributed by atoms with Gasteiger partial charge < -0.3 is 13.9 Å². The van der Waals surface area contributed by atoms with Gasteiger partial charge in [0, 0.05) is 49.2 Å². The lowest BCUT2D eigenvalue weighted by atomic mass is 10.1. The topological polar surface area (TPSA) is 66.1 Å². The van der Waals surface area contributed by atoms with Crippen LogP contribution in [0.5, 0.6) is 0 Å². The second-order valence-corrected chi connectivity index (χ2v) is 6.84. The summed E-state index contributed by atoms with van der Waals surface area (Å²) in [6, 6.07) is 7.77. The van der Waals surface area contributed by atoms with Crippen LogP contribution in [0.2, 0.25) is 0 Å². The molecule has 1 aliphatic rings. The van der Waals surface area contributed by atoms with Crippen molar-refractivity contribution < 1.29 is 9.53 Å². The summed E-state index contributed by atoms with van der Waals surface area (Å²) in [7, 11) is 1.75. The fourth-order valence-corrected chi connectivity index (χ4v) is 3.71. The van der Waals surface area contributed by atoms with E-state index in [0.29, 0.717) is 11.1 Å². The van der Waals surface area contributed by atoms with E-state index in [9.17, 15) is 9.59 Å². The number of nitrogens with zero attached hydrogens (tertiary/aromatic N) is 3. The Morgan fingerprint density at radius 1 is 1.23 bits per heavy atom. The van der Waals surface area contributed by atoms with Gasteiger partial charge in [-0.2, -0.15) is 0 Å². The zero-order chi connectivity index (χ0) is 18.3. The summed E-state index contributed by atoms with van der Waals surface area (Å²) in [6.45, 7) is 3.27. The predicted molar refractivity (Wildman–Crippen MR) is 99.6 cm³/mol. The number of pyridine rings is 1. The molecule has 0 atom stereocenters. The van der Waals surface area contributed by atoms with Gasteiger partial charge in [-0.25, -0.2) is 4.98 Å². The van der Waals surface area contributed by atoms with Gasteiger partial charge in [-0.05, 0) is 44.0 Å². The van der Waals surface area contributed by atoms with E-state index in [1.165, 1.54) is 0 Å². The standard InChI is InChI=1S/C20H21N3O3/c1-13-9-15(11-22(2)20(13)25)19-21-17-10-14(12-24)3-4-18(17)23(19)16-5-7-26-8-6-16/h3-4,9-12,16H,5-8H2,1-2H3. The van der Waals surface area contributed by atoms with Crippen LogP contribution in [-0.2, 0) is 11.8 Å². The smallest absolute Gasteiger partial charge is 0.253 e. The molecule has 0 bridgehead atoms. The average molecular weight is 351 g/mol. The Bertz CT molecular complexity index is 1020. The fourth-order valence-electron chi connectivity index (χ4n) is 3.71. The van der Waals surface area contributed by atoms with Gasteiger partial charge in [0.1, 0.15) is 12.1 Å². The molecule has 1 aliphatic heterocycles. The molecule has 0 aliphatic carbocycles. The van der Waals surface area contributed by atoms with Crippen molar-refractivity contribution in [2.24, 2.45) is 7.05 Å². The van der Waals surface area contributed by atoms with Crippen molar-refractivity contribution in [3.05, 3.63) is 51.9 Å². The minimum absolute atomic E-state index is 0.00859. The highest BCUT2D eigenvalue weighted by Gasteiger charge is 2.23. The quantitative estimate of drug-likeness (QED) is 0.681. The van der Waals surface area contributed by atoms with E-state index in [4.69, 9.17) is 9.72 Å². The highest BCUT2D eigenvalue weighted by molar-refractivity contribution is 5.87. The highest BCUT2D eigenvalue weighted by atomic mass is 16.5. The molecular formula is C20H21N3O3. The van der Waals surface area contributed by atoms with Gasteiger partial charge in [0.25, 0.3) is 5.56 Å². The number of ether oxygens (including phenoxy) is 1. The van der Waals surface area contributed by atoms with Crippen LogP contribution in [0.4, 0.5) is 0 Å². The van der Waals surface area contributed by atoms with Crippen molar-refractivity contribution in [1.82, 2.24) is 14.1 Å². The van der Waals surface area contributed by atoms with Crippen LogP contribution in [0, 0.1) is 6.92 Å². The average Bonchev–Trinajstić information content (AvgIpc) is 3.05. The lowest BCUT2D eigenvalue weighted by Crippen LogP contribution is -2.21. The molecule has 0 N–H and O–H groups in total. The number of rotatable bonds is 3. The van der Waals surface area contributed by atoms with Gasteiger partial charge in [0.15, 0.2) is 0 Å². The van der Waals surface area contributed by atoms with Gasteiger partial charge in [-0.1, -0.05) is 0 Å². The third-order valence-electron chi connectivity index (χ3n) is 5.03. The van der Waals surface area contributed by atoms with E-state index in [1.54, 1.807) is 11.6 Å². The monoisotopic (exact) mass is 351 g/mol. The van der Waals surface area contributed by atoms with Crippen LogP contribution in [0.3, 0.4) is 0 Å². The summed E-state index contributed by atoms with van der Waals surface area (Å²) in [5, 5.41) is 0. The molecule has 26 heavy (non-hydrogen) atoms. The minimum atomic E-state index is -0.00859. The molecule has 0 spiro atoms. The molecule has 1 saturated heterocycles. The molecule has 1 fully saturated rings. The summed E-state index contributed by atoms with van der Waals surface area (Å²) >= 11 is 0. The van der Waals surface area contributed by atoms with E-state index in [2.05, 4.69) is 4.57 Å². The van der Waals surface area contributed by atoms with Crippen molar-refractivity contribution in [3.63, 3.8) is 0 Å². The van der Waals surface area contributed by atoms with Crippen LogP contribution in [0.1, 0.15) is 34.8 Å². The van der Waals surface area contributed by atoms with Gasteiger partial charge in [0.2, 0.25) is 0 Å². The van der Waals surface area contributed by atoms with Gasteiger partial charge in [0.05, 0.1) is 11.0 Å². The molecule has 3 heterocycles. The Morgan fingerprint density at radius 2 is 2.00 bits per heavy atom. The van der Waals surface area contributed by atoms with Gasteiger partial charge in [-0.15, -0.1) is 0 Å². The number of aryl methyl sites for hydroxylation is 2. The number of hydrogen-bond donors (Lipinski definition) is 0. The van der Waals surface area contributed by atoms with E-state index >= 15 is 0 Å². The zero-order valence-corrected chi connectivity index (χ0v) is 14.9. The second-order valence-electron chi connectivity index (χ2n) is 6.84. The minimum Gasteiger partial charge on any atom is -0.381 e. The zero-order valence-electron chi connectivity index (χ0n) is 14.9. The second kappa shape index (κ2) is 6.53. The van der Waals surface area contributed by atoms with Crippen LogP contribution < -0.4 is 5.56 Å². The third-order valence-corrected chi connectivity index (χ3v) is 5.03. The molecule has 6 heteroatoms. The molecule has 1 aromatic carbocycles. The Labute approximate surface area is 151 Å². The molecular weight excluding hydrogens is 330 g/mol. The fraction of sp³-hybridized carbons (Fsp3) is 0.350. The first-order valence-electron chi connectivity index (χ1n) is 8.81. The first kappa shape index (κ1) is 16.7. The number of hydrogen-bond acceptors (Lipinski definition) is 4. The Hall–Kier alpha value is -2.73. The largest absolute Gasteiger partial charge is 0.381 e. The molecule has 134 valence electrons. The highest BCUT2D eigenvalue weighted by Crippen LogP contribution is 2.33. The number of carbonyl (C=O) groups is 1. The summed E-state index contributed by atoms with van der Waals surface area (Å²) in [5.41, 5.74) is 3.98. The molecule has 0 radical (unpaired) electrons. The van der Waals surface area contributed by atoms with E-state index < -0.39 is 0 Å². The maximum Gasteiger partial charge on any atom is 0.253 e. The maximum atomic E-state index is 12.1. The van der Waals surface area contributed by atoms with Crippen LogP contribution in [0.15, 0.2) is 35.3 Å². The normalized spacial score (nSPS) is 15.5. The van der Waals surface area contributed by atoms with Gasteiger partial charge in [-0.3, -0.25) is 9.59 Å². The predicted octanol–water partition coefficient (Wildman–Crippen LogP) is 2.87. The number of imidazole rings is 1. The van der Waals surface area contributed by atoms with Crippen molar-refractivity contribution >= 4 is 17.3 Å². The van der Waals surface area contributed by atoms with E-state index in [0.717, 1.165) is 54.8 Å². The molecule has 0 unspecified atom stereocenters. The summed E-state index contributed by atoms with van der Waals surface area (Å²) < 4.78 is 9.35. The number of aldehydes is 1. The number of aromatic nitrogens is 3. The van der Waals surface area contributed by atoms with Crippen LogP contribution in [-0.4, -0.2) is 33.6 Å². The summed E-state index contributed by atoms with van der Waals surface area (Å²) in [4.78, 5) is 28.1. The maximum absolute atomic E-state index is 12.1. The lowest BCUT2D eigenvalue weighted by Gasteiger charge is -2.26. The molecule has 0 saturated carbocycles. The number of benzene rings is 1. The van der Waals surface area contributed by atoms with E-state index in [1.807, 2.05) is 37.4 Å². The SMILES string of the molecule is Cc1cc(-c2nc3cc(C=O)ccc3n2C2CCOCC2)cn(C)c1=O. The Balaban J connectivity index is 1.97. The Morgan fingerprint density at radius 3 is 2.69 bits per heavy atom. The number of carbonyl (C=O) groups excluding carboxylic acids is 1. The third kappa shape index (κ3) is 2.76. The first-order chi connectivity index (χ1) is 12.6. The Kier molecular flexibility index (Phi) is 4.20. The van der Waals surface area contributed by atoms with E-state index in [-0.39, 0.29) is 11.6 Å². The molecule has 4 rings (SSSR count). The number of fused-ring (bicyclic) bond motifs is 1. The van der Waals surface area contributed by atoms with Crippen LogP contribution in [0.25, 0.3) is 22.4 Å². The summed E-state index contributed by atoms with van der Waals surface area (Å²) in [6.07, 6.45) is 4.49. The molecule has 2 aromatic heterocycles. The van der Waals surface area contributed by atoms with Crippen molar-refractivity contribution in [1.29, 1.82) is 0 Å². The first-order valence-corrected chi connectivity index (χ1v) is 8.81. The summed E-state index contributed by atoms with van der Waals surface area (Å²) in [5.74, 6) is 0.827. The lowest BCUT2D eigenvalue weighted by molar-refractivity contribution is 0.0710. The van der Waals surface area contributed by atoms with Gasteiger partial charge >= 0.3 is 0 Å². The molecule has 6 nitrogen and oxygen atoms in total. The van der Waals surface area contributed by atoms with Crippen molar-refractivity contribution in [3.8, 4) is 11.4 Å².